The third kappa shape index (κ3) is 4.35. The van der Waals surface area contributed by atoms with Crippen LogP contribution < -0.4 is 14.8 Å². The number of thioether (sulfide) groups is 1. The molecule has 0 fully saturated rings. The first-order valence-electron chi connectivity index (χ1n) is 7.13. The van der Waals surface area contributed by atoms with Crippen molar-refractivity contribution >= 4 is 29.0 Å². The smallest absolute Gasteiger partial charge is 0.395 e. The third-order valence-corrected chi connectivity index (χ3v) is 4.79. The molecule has 128 valence electrons. The van der Waals surface area contributed by atoms with E-state index in [1.807, 2.05) is 5.38 Å². The van der Waals surface area contributed by atoms with Crippen LogP contribution in [-0.4, -0.2) is 29.5 Å². The Labute approximate surface area is 145 Å². The van der Waals surface area contributed by atoms with Gasteiger partial charge in [-0.1, -0.05) is 12.1 Å². The molecule has 3 rings (SSSR count). The number of ether oxygens (including phenoxy) is 2. The van der Waals surface area contributed by atoms with E-state index in [0.717, 1.165) is 5.69 Å². The molecule has 5 nitrogen and oxygen atoms in total. The maximum atomic E-state index is 13.1. The Balaban J connectivity index is 1.42. The highest BCUT2D eigenvalue weighted by Gasteiger charge is 2.44. The number of thiazole rings is 1. The topological polar surface area (TPSA) is 60.5 Å². The fourth-order valence-corrected chi connectivity index (χ4v) is 3.59. The average molecular weight is 372 g/mol. The summed E-state index contributed by atoms with van der Waals surface area (Å²) in [5, 5.41) is 4.70. The Hall–Kier alpha value is -1.87. The summed E-state index contributed by atoms with van der Waals surface area (Å²) in [6, 6.07) is 4.71. The molecule has 1 N–H and O–H groups in total. The summed E-state index contributed by atoms with van der Waals surface area (Å²) in [6.45, 7) is 0.335. The van der Waals surface area contributed by atoms with E-state index in [1.54, 1.807) is 17.6 Å². The number of hydrogen-bond acceptors (Lipinski definition) is 6. The molecule has 2 heterocycles. The number of carbonyl (C=O) groups is 1. The normalized spacial score (nSPS) is 14.6. The first-order chi connectivity index (χ1) is 11.5. The van der Waals surface area contributed by atoms with Crippen LogP contribution in [0, 0.1) is 0 Å². The summed E-state index contributed by atoms with van der Waals surface area (Å²) in [7, 11) is 0. The summed E-state index contributed by atoms with van der Waals surface area (Å²) in [6.07, 6.45) is -3.25. The van der Waals surface area contributed by atoms with Crippen LogP contribution in [0.4, 0.5) is 8.78 Å². The highest BCUT2D eigenvalue weighted by molar-refractivity contribution is 7.99. The van der Waals surface area contributed by atoms with Crippen molar-refractivity contribution in [3.8, 4) is 11.5 Å². The summed E-state index contributed by atoms with van der Waals surface area (Å²) >= 11 is 2.99. The van der Waals surface area contributed by atoms with Crippen LogP contribution in [0.25, 0.3) is 0 Å². The molecule has 1 aromatic heterocycles. The molecule has 0 saturated carbocycles. The van der Waals surface area contributed by atoms with E-state index < -0.39 is 6.29 Å². The second-order valence-electron chi connectivity index (χ2n) is 4.98. The largest absolute Gasteiger partial charge is 0.586 e. The molecule has 0 radical (unpaired) electrons. The number of hydrogen-bond donors (Lipinski definition) is 1. The molecule has 9 heteroatoms. The Morgan fingerprint density at radius 3 is 3.04 bits per heavy atom. The van der Waals surface area contributed by atoms with Crippen molar-refractivity contribution in [2.75, 3.05) is 12.3 Å². The second kappa shape index (κ2) is 7.35. The van der Waals surface area contributed by atoms with Crippen molar-refractivity contribution in [2.45, 2.75) is 18.5 Å². The monoisotopic (exact) mass is 372 g/mol. The Morgan fingerprint density at radius 1 is 1.38 bits per heavy atom. The summed E-state index contributed by atoms with van der Waals surface area (Å²) < 4.78 is 35.1. The van der Waals surface area contributed by atoms with E-state index in [1.165, 1.54) is 29.2 Å². The molecule has 2 aromatic rings. The van der Waals surface area contributed by atoms with Gasteiger partial charge in [0.1, 0.15) is 0 Å². The molecule has 0 spiro atoms. The number of carbonyl (C=O) groups excluding carboxylic acids is 1. The number of para-hydroxylation sites is 1. The van der Waals surface area contributed by atoms with Crippen molar-refractivity contribution in [1.82, 2.24) is 10.3 Å². The zero-order valence-electron chi connectivity index (χ0n) is 12.5. The molecule has 0 unspecified atom stereocenters. The predicted octanol–water partition coefficient (Wildman–Crippen LogP) is 3.06. The zero-order valence-corrected chi connectivity index (χ0v) is 14.1. The molecule has 0 aliphatic carbocycles. The van der Waals surface area contributed by atoms with Crippen molar-refractivity contribution in [3.05, 3.63) is 40.3 Å². The minimum atomic E-state index is -3.63. The maximum absolute atomic E-state index is 13.1. The van der Waals surface area contributed by atoms with Gasteiger partial charge in [-0.05, 0) is 12.5 Å². The van der Waals surface area contributed by atoms with E-state index in [4.69, 9.17) is 0 Å². The van der Waals surface area contributed by atoms with Crippen LogP contribution in [0.1, 0.15) is 11.3 Å². The van der Waals surface area contributed by atoms with Crippen LogP contribution in [0.5, 0.6) is 11.5 Å². The predicted molar refractivity (Wildman–Crippen MR) is 87.6 cm³/mol. The van der Waals surface area contributed by atoms with E-state index >= 15 is 0 Å². The molecular formula is C15H14F2N2O3S2. The molecule has 0 atom stereocenters. The minimum absolute atomic E-state index is 0.0163. The van der Waals surface area contributed by atoms with E-state index in [9.17, 15) is 13.6 Å². The van der Waals surface area contributed by atoms with Crippen LogP contribution in [0.3, 0.4) is 0 Å². The zero-order chi connectivity index (χ0) is 17.0. The second-order valence-corrected chi connectivity index (χ2v) is 6.69. The lowest BCUT2D eigenvalue weighted by molar-refractivity contribution is -0.286. The van der Waals surface area contributed by atoms with Crippen molar-refractivity contribution in [2.24, 2.45) is 0 Å². The molecule has 1 aliphatic heterocycles. The number of halogens is 2. The SMILES string of the molecule is O=C(CSCc1cscn1)NCCc1cccc2c1OC(F)(F)O2. The molecule has 1 aliphatic rings. The number of rotatable bonds is 7. The lowest BCUT2D eigenvalue weighted by atomic mass is 10.1. The average Bonchev–Trinajstić information content (AvgIpc) is 3.13. The number of alkyl halides is 2. The summed E-state index contributed by atoms with van der Waals surface area (Å²) in [5.74, 6) is 0.952. The molecule has 0 saturated heterocycles. The molecule has 24 heavy (non-hydrogen) atoms. The van der Waals surface area contributed by atoms with Gasteiger partial charge in [-0.15, -0.1) is 31.9 Å². The maximum Gasteiger partial charge on any atom is 0.586 e. The Bertz CT molecular complexity index is 711. The van der Waals surface area contributed by atoms with Crippen LogP contribution in [0.15, 0.2) is 29.1 Å². The van der Waals surface area contributed by atoms with Gasteiger partial charge in [-0.25, -0.2) is 4.98 Å². The van der Waals surface area contributed by atoms with Gasteiger partial charge in [-0.2, -0.15) is 0 Å². The van der Waals surface area contributed by atoms with Gasteiger partial charge >= 0.3 is 6.29 Å². The van der Waals surface area contributed by atoms with Crippen LogP contribution in [0.2, 0.25) is 0 Å². The lowest BCUT2D eigenvalue weighted by Crippen LogP contribution is -2.28. The summed E-state index contributed by atoms with van der Waals surface area (Å²) in [5.41, 5.74) is 3.28. The highest BCUT2D eigenvalue weighted by atomic mass is 32.2. The van der Waals surface area contributed by atoms with Gasteiger partial charge in [0.15, 0.2) is 11.5 Å². The van der Waals surface area contributed by atoms with Gasteiger partial charge < -0.3 is 14.8 Å². The van der Waals surface area contributed by atoms with Crippen LogP contribution >= 0.6 is 23.1 Å². The molecule has 1 aromatic carbocycles. The number of benzene rings is 1. The van der Waals surface area contributed by atoms with E-state index in [2.05, 4.69) is 19.8 Å². The fourth-order valence-electron chi connectivity index (χ4n) is 2.17. The number of amides is 1. The van der Waals surface area contributed by atoms with Crippen molar-refractivity contribution in [3.63, 3.8) is 0 Å². The molecular weight excluding hydrogens is 358 g/mol. The van der Waals surface area contributed by atoms with E-state index in [0.29, 0.717) is 30.0 Å². The number of aromatic nitrogens is 1. The van der Waals surface area contributed by atoms with Crippen LogP contribution in [-0.2, 0) is 17.0 Å². The van der Waals surface area contributed by atoms with Crippen molar-refractivity contribution < 1.29 is 23.0 Å². The minimum Gasteiger partial charge on any atom is -0.395 e. The van der Waals surface area contributed by atoms with Gasteiger partial charge in [0, 0.05) is 23.2 Å². The first kappa shape index (κ1) is 17.0. The number of nitrogens with one attached hydrogen (secondary N) is 1. The van der Waals surface area contributed by atoms with Gasteiger partial charge in [-0.3, -0.25) is 4.79 Å². The van der Waals surface area contributed by atoms with Gasteiger partial charge in [0.05, 0.1) is 17.0 Å². The van der Waals surface area contributed by atoms with Gasteiger partial charge in [0.2, 0.25) is 5.91 Å². The Kier molecular flexibility index (Phi) is 5.20. The first-order valence-corrected chi connectivity index (χ1v) is 9.22. The number of nitrogens with zero attached hydrogens (tertiary/aromatic N) is 1. The summed E-state index contributed by atoms with van der Waals surface area (Å²) in [4.78, 5) is 15.9. The number of fused-ring (bicyclic) bond motifs is 1. The molecule has 1 amide bonds. The standard InChI is InChI=1S/C15H14F2N2O3S2/c16-15(17)21-12-3-1-2-10(14(12)22-15)4-5-18-13(20)8-23-6-11-7-24-9-19-11/h1-3,7,9H,4-6,8H2,(H,18,20). The quantitative estimate of drug-likeness (QED) is 0.809. The van der Waals surface area contributed by atoms with E-state index in [-0.39, 0.29) is 17.4 Å². The fraction of sp³-hybridized carbons (Fsp3) is 0.333. The highest BCUT2D eigenvalue weighted by Crippen LogP contribution is 2.43. The third-order valence-electron chi connectivity index (χ3n) is 3.19. The van der Waals surface area contributed by atoms with Gasteiger partial charge in [0.25, 0.3) is 0 Å². The molecule has 0 bridgehead atoms. The Morgan fingerprint density at radius 2 is 2.25 bits per heavy atom. The lowest BCUT2D eigenvalue weighted by Gasteiger charge is -2.08. The van der Waals surface area contributed by atoms with Crippen molar-refractivity contribution in [1.29, 1.82) is 0 Å².